The Balaban J connectivity index is 1.64. The summed E-state index contributed by atoms with van der Waals surface area (Å²) in [6.45, 7) is 6.34. The maximum atomic E-state index is 5.21. The van der Waals surface area contributed by atoms with Crippen molar-refractivity contribution in [1.82, 2.24) is 15.4 Å². The van der Waals surface area contributed by atoms with Crippen LogP contribution < -0.4 is 5.32 Å². The van der Waals surface area contributed by atoms with Crippen molar-refractivity contribution >= 4 is 0 Å². The van der Waals surface area contributed by atoms with Gasteiger partial charge < -0.3 is 9.84 Å². The highest BCUT2D eigenvalue weighted by Gasteiger charge is 2.38. The van der Waals surface area contributed by atoms with Crippen LogP contribution in [0.1, 0.15) is 56.9 Å². The zero-order valence-electron chi connectivity index (χ0n) is 12.8. The highest BCUT2D eigenvalue weighted by atomic mass is 16.5. The van der Waals surface area contributed by atoms with Crippen LogP contribution in [0.15, 0.2) is 10.6 Å². The fourth-order valence-electron chi connectivity index (χ4n) is 3.93. The smallest absolute Gasteiger partial charge is 0.133 e. The fraction of sp³-hybridized carbons (Fsp3) is 0.812. The Kier molecular flexibility index (Phi) is 4.41. The molecule has 2 bridgehead atoms. The van der Waals surface area contributed by atoms with E-state index in [-0.39, 0.29) is 0 Å². The van der Waals surface area contributed by atoms with Gasteiger partial charge in [-0.1, -0.05) is 18.5 Å². The van der Waals surface area contributed by atoms with Gasteiger partial charge in [-0.2, -0.15) is 0 Å². The zero-order valence-corrected chi connectivity index (χ0v) is 12.8. The van der Waals surface area contributed by atoms with Crippen LogP contribution in [0.25, 0.3) is 0 Å². The fourth-order valence-corrected chi connectivity index (χ4v) is 3.93. The van der Waals surface area contributed by atoms with E-state index in [1.54, 1.807) is 0 Å². The maximum Gasteiger partial charge on any atom is 0.133 e. The molecule has 0 aromatic carbocycles. The number of piperidine rings is 2. The second kappa shape index (κ2) is 6.27. The summed E-state index contributed by atoms with van der Waals surface area (Å²) in [5.41, 5.74) is 1.10. The first-order valence-electron chi connectivity index (χ1n) is 8.17. The SMILES string of the molecule is CCCNC1CC2CCCC(C1)N2Cc1cc(C)on1. The number of rotatable bonds is 5. The lowest BCUT2D eigenvalue weighted by atomic mass is 9.81. The monoisotopic (exact) mass is 277 g/mol. The molecule has 1 aromatic heterocycles. The van der Waals surface area contributed by atoms with Crippen LogP contribution in [0.2, 0.25) is 0 Å². The predicted molar refractivity (Wildman–Crippen MR) is 79.5 cm³/mol. The lowest BCUT2D eigenvalue weighted by molar-refractivity contribution is 0.0161. The number of nitrogens with zero attached hydrogens (tertiary/aromatic N) is 2. The third-order valence-electron chi connectivity index (χ3n) is 4.83. The Morgan fingerprint density at radius 1 is 1.35 bits per heavy atom. The van der Waals surface area contributed by atoms with Crippen LogP contribution >= 0.6 is 0 Å². The Hall–Kier alpha value is -0.870. The molecular formula is C16H27N3O. The van der Waals surface area contributed by atoms with E-state index in [9.17, 15) is 0 Å². The largest absolute Gasteiger partial charge is 0.361 e. The average Bonchev–Trinajstić information content (AvgIpc) is 2.82. The van der Waals surface area contributed by atoms with Crippen LogP contribution in [-0.4, -0.2) is 34.7 Å². The summed E-state index contributed by atoms with van der Waals surface area (Å²) >= 11 is 0. The molecule has 0 aliphatic carbocycles. The van der Waals surface area contributed by atoms with Gasteiger partial charge in [0.05, 0.1) is 5.69 Å². The zero-order chi connectivity index (χ0) is 13.9. The summed E-state index contributed by atoms with van der Waals surface area (Å²) in [5, 5.41) is 7.90. The van der Waals surface area contributed by atoms with Crippen LogP contribution in [0.3, 0.4) is 0 Å². The summed E-state index contributed by atoms with van der Waals surface area (Å²) in [6, 6.07) is 4.26. The molecule has 112 valence electrons. The second-order valence-corrected chi connectivity index (χ2v) is 6.46. The molecule has 2 unspecified atom stereocenters. The van der Waals surface area contributed by atoms with E-state index in [2.05, 4.69) is 28.4 Å². The number of nitrogens with one attached hydrogen (secondary N) is 1. The van der Waals surface area contributed by atoms with Crippen molar-refractivity contribution in [1.29, 1.82) is 0 Å². The van der Waals surface area contributed by atoms with Crippen molar-refractivity contribution in [2.24, 2.45) is 0 Å². The molecular weight excluding hydrogens is 250 g/mol. The van der Waals surface area contributed by atoms with Gasteiger partial charge in [0.1, 0.15) is 5.76 Å². The minimum atomic E-state index is 0.723. The summed E-state index contributed by atoms with van der Waals surface area (Å²) in [5.74, 6) is 0.921. The molecule has 3 heterocycles. The Labute approximate surface area is 121 Å². The van der Waals surface area contributed by atoms with Gasteiger partial charge in [0, 0.05) is 30.7 Å². The first kappa shape index (κ1) is 14.1. The number of aryl methyl sites for hydroxylation is 1. The van der Waals surface area contributed by atoms with Crippen molar-refractivity contribution in [3.8, 4) is 0 Å². The van der Waals surface area contributed by atoms with Crippen molar-refractivity contribution in [2.75, 3.05) is 6.54 Å². The topological polar surface area (TPSA) is 41.3 Å². The second-order valence-electron chi connectivity index (χ2n) is 6.46. The predicted octanol–water partition coefficient (Wildman–Crippen LogP) is 2.87. The van der Waals surface area contributed by atoms with Gasteiger partial charge in [-0.15, -0.1) is 0 Å². The Morgan fingerprint density at radius 2 is 2.10 bits per heavy atom. The van der Waals surface area contributed by atoms with Crippen LogP contribution in [-0.2, 0) is 6.54 Å². The summed E-state index contributed by atoms with van der Waals surface area (Å²) in [6.07, 6.45) is 7.91. The normalized spacial score (nSPS) is 30.6. The third-order valence-corrected chi connectivity index (χ3v) is 4.83. The molecule has 3 rings (SSSR count). The van der Waals surface area contributed by atoms with Crippen LogP contribution in [0.4, 0.5) is 0 Å². The highest BCUT2D eigenvalue weighted by Crippen LogP contribution is 2.35. The number of hydrogen-bond donors (Lipinski definition) is 1. The van der Waals surface area contributed by atoms with Gasteiger partial charge >= 0.3 is 0 Å². The molecule has 1 aromatic rings. The molecule has 2 fully saturated rings. The van der Waals surface area contributed by atoms with Crippen LogP contribution in [0, 0.1) is 6.92 Å². The highest BCUT2D eigenvalue weighted by molar-refractivity contribution is 5.06. The lowest BCUT2D eigenvalue weighted by Crippen LogP contribution is -2.55. The van der Waals surface area contributed by atoms with Crippen molar-refractivity contribution in [3.63, 3.8) is 0 Å². The van der Waals surface area contributed by atoms with E-state index < -0.39 is 0 Å². The molecule has 1 N–H and O–H groups in total. The van der Waals surface area contributed by atoms with Gasteiger partial charge in [0.2, 0.25) is 0 Å². The average molecular weight is 277 g/mol. The molecule has 20 heavy (non-hydrogen) atoms. The van der Waals surface area contributed by atoms with E-state index in [1.807, 2.05) is 6.92 Å². The molecule has 2 aliphatic heterocycles. The minimum absolute atomic E-state index is 0.723. The molecule has 2 aliphatic rings. The van der Waals surface area contributed by atoms with Gasteiger partial charge in [-0.05, 0) is 45.6 Å². The number of hydrogen-bond acceptors (Lipinski definition) is 4. The van der Waals surface area contributed by atoms with Crippen LogP contribution in [0.5, 0.6) is 0 Å². The standard InChI is InChI=1S/C16H27N3O/c1-3-7-17-13-9-15-5-4-6-16(10-13)19(15)11-14-8-12(2)20-18-14/h8,13,15-17H,3-7,9-11H2,1-2H3. The van der Waals surface area contributed by atoms with Gasteiger partial charge in [0.25, 0.3) is 0 Å². The lowest BCUT2D eigenvalue weighted by Gasteiger charge is -2.49. The van der Waals surface area contributed by atoms with Gasteiger partial charge in [-0.3, -0.25) is 4.90 Å². The molecule has 0 radical (unpaired) electrons. The quantitative estimate of drug-likeness (QED) is 0.898. The molecule has 4 nitrogen and oxygen atoms in total. The van der Waals surface area contributed by atoms with E-state index in [4.69, 9.17) is 4.52 Å². The Morgan fingerprint density at radius 3 is 2.70 bits per heavy atom. The maximum absolute atomic E-state index is 5.21. The van der Waals surface area contributed by atoms with E-state index in [0.29, 0.717) is 0 Å². The minimum Gasteiger partial charge on any atom is -0.361 e. The number of fused-ring (bicyclic) bond motifs is 2. The summed E-state index contributed by atoms with van der Waals surface area (Å²) in [4.78, 5) is 2.69. The molecule has 0 amide bonds. The Bertz CT molecular complexity index is 417. The first-order chi connectivity index (χ1) is 9.76. The molecule has 4 heteroatoms. The van der Waals surface area contributed by atoms with Crippen molar-refractivity contribution < 1.29 is 4.52 Å². The van der Waals surface area contributed by atoms with Crippen molar-refractivity contribution in [3.05, 3.63) is 17.5 Å². The van der Waals surface area contributed by atoms with Crippen molar-refractivity contribution in [2.45, 2.75) is 77.0 Å². The van der Waals surface area contributed by atoms with Gasteiger partial charge in [-0.25, -0.2) is 0 Å². The number of aromatic nitrogens is 1. The van der Waals surface area contributed by atoms with E-state index >= 15 is 0 Å². The molecule has 2 atom stereocenters. The molecule has 2 saturated heterocycles. The molecule has 0 spiro atoms. The summed E-state index contributed by atoms with van der Waals surface area (Å²) in [7, 11) is 0. The third kappa shape index (κ3) is 3.07. The summed E-state index contributed by atoms with van der Waals surface area (Å²) < 4.78 is 5.21. The van der Waals surface area contributed by atoms with E-state index in [0.717, 1.165) is 42.7 Å². The van der Waals surface area contributed by atoms with E-state index in [1.165, 1.54) is 38.5 Å². The first-order valence-corrected chi connectivity index (χ1v) is 8.17. The molecule has 0 saturated carbocycles. The van der Waals surface area contributed by atoms with Gasteiger partial charge in [0.15, 0.2) is 0 Å².